The molecule has 0 bridgehead atoms. The van der Waals surface area contributed by atoms with Gasteiger partial charge in [-0.3, -0.25) is 0 Å². The van der Waals surface area contributed by atoms with Gasteiger partial charge in [-0.1, -0.05) is 34.7 Å². The van der Waals surface area contributed by atoms with E-state index in [1.165, 1.54) is 11.1 Å². The van der Waals surface area contributed by atoms with Crippen molar-refractivity contribution in [3.8, 4) is 0 Å². The molecule has 0 aromatic carbocycles. The highest BCUT2D eigenvalue weighted by Crippen LogP contribution is 2.35. The number of thiazole rings is 2. The Morgan fingerprint density at radius 2 is 2.05 bits per heavy atom. The van der Waals surface area contributed by atoms with E-state index in [1.807, 2.05) is 23.2 Å². The van der Waals surface area contributed by atoms with Crippen molar-refractivity contribution in [2.75, 3.05) is 0 Å². The van der Waals surface area contributed by atoms with Crippen LogP contribution in [0.15, 0.2) is 53.4 Å². The van der Waals surface area contributed by atoms with Crippen molar-refractivity contribution >= 4 is 62.8 Å². The first-order valence-electron chi connectivity index (χ1n) is 6.36. The summed E-state index contributed by atoms with van der Waals surface area (Å²) in [5.41, 5.74) is 2.43. The molecule has 0 fully saturated rings. The lowest BCUT2D eigenvalue weighted by molar-refractivity contribution is 0.804. The van der Waals surface area contributed by atoms with Crippen LogP contribution in [0.25, 0.3) is 0 Å². The first-order valence-corrected chi connectivity index (χ1v) is 10.3. The Bertz CT molecular complexity index is 672. The lowest BCUT2D eigenvalue weighted by atomic mass is 9.97. The predicted molar refractivity (Wildman–Crippen MR) is 96.6 cm³/mol. The van der Waals surface area contributed by atoms with Crippen LogP contribution >= 0.6 is 46.0 Å². The van der Waals surface area contributed by atoms with E-state index in [1.54, 1.807) is 45.8 Å². The molecule has 0 unspecified atom stereocenters. The van der Waals surface area contributed by atoms with Crippen LogP contribution in [-0.4, -0.2) is 15.3 Å². The molecule has 0 saturated carbocycles. The monoisotopic (exact) mass is 371 g/mol. The maximum absolute atomic E-state index is 6.55. The third kappa shape index (κ3) is 4.23. The van der Waals surface area contributed by atoms with E-state index in [0.29, 0.717) is 0 Å². The Kier molecular flexibility index (Phi) is 5.60. The van der Waals surface area contributed by atoms with Gasteiger partial charge in [0.2, 0.25) is 5.37 Å². The van der Waals surface area contributed by atoms with Gasteiger partial charge in [-0.2, -0.15) is 4.98 Å². The number of allylic oxidation sites excluding steroid dienone is 3. The van der Waals surface area contributed by atoms with Crippen LogP contribution in [0.5, 0.6) is 0 Å². The van der Waals surface area contributed by atoms with Gasteiger partial charge in [0.05, 0.1) is 5.03 Å². The Balaban J connectivity index is 1.76. The fraction of sp³-hybridized carbons (Fsp3) is 0.214. The maximum atomic E-state index is 6.55. The third-order valence-corrected chi connectivity index (χ3v) is 7.07. The summed E-state index contributed by atoms with van der Waals surface area (Å²) in [6.07, 6.45) is 6.87. The first kappa shape index (κ1) is 15.4. The van der Waals surface area contributed by atoms with Crippen molar-refractivity contribution in [2.45, 2.75) is 27.9 Å². The zero-order chi connectivity index (χ0) is 14.5. The van der Waals surface area contributed by atoms with Crippen LogP contribution in [0.1, 0.15) is 19.3 Å². The highest BCUT2D eigenvalue weighted by molar-refractivity contribution is 8.03. The molecule has 0 aliphatic heterocycles. The zero-order valence-electron chi connectivity index (χ0n) is 11.0. The molecule has 0 amide bonds. The summed E-state index contributed by atoms with van der Waals surface area (Å²) in [6.45, 7) is 0. The molecule has 108 valence electrons. The van der Waals surface area contributed by atoms with Gasteiger partial charge in [-0.15, -0.1) is 11.3 Å². The number of aromatic nitrogens is 2. The molecule has 2 heterocycles. The fourth-order valence-corrected chi connectivity index (χ4v) is 5.31. The summed E-state index contributed by atoms with van der Waals surface area (Å²) in [5, 5.41) is 9.16. The number of hydrogen-bond acceptors (Lipinski definition) is 5. The summed E-state index contributed by atoms with van der Waals surface area (Å²) in [6, 6.07) is 0. The average molecular weight is 372 g/mol. The minimum Gasteiger partial charge on any atom is -0.238 e. The fourth-order valence-electron chi connectivity index (χ4n) is 1.90. The van der Waals surface area contributed by atoms with E-state index >= 15 is 0 Å². The average Bonchev–Trinajstić information content (AvgIpc) is 3.18. The van der Waals surface area contributed by atoms with Gasteiger partial charge in [0, 0.05) is 28.7 Å². The zero-order valence-corrected chi connectivity index (χ0v) is 15.0. The summed E-state index contributed by atoms with van der Waals surface area (Å²) >= 11 is 13.2. The van der Waals surface area contributed by atoms with Crippen molar-refractivity contribution in [1.82, 2.24) is 9.97 Å². The molecule has 21 heavy (non-hydrogen) atoms. The molecule has 0 saturated heterocycles. The third-order valence-electron chi connectivity index (χ3n) is 2.88. The van der Waals surface area contributed by atoms with Gasteiger partial charge in [0.25, 0.3) is 11.4 Å². The van der Waals surface area contributed by atoms with Crippen LogP contribution in [0.3, 0.4) is 0 Å². The van der Waals surface area contributed by atoms with Crippen LogP contribution in [0.4, 0.5) is 0 Å². The standard InChI is InChI=1S/C14H12ClN2S4/c15-12-10(8-20-13-16-4-6-18-13)2-1-3-11(12)9-21-14-17-5-7-19-14/h4-9H,1-3H2/q+1/b10-8+. The SMILES string of the molecule is ClC1=C(C=[S+]c2nccs2)CCC/C1=C\Sc1nccs1. The van der Waals surface area contributed by atoms with E-state index in [4.69, 9.17) is 11.6 Å². The van der Waals surface area contributed by atoms with E-state index in [9.17, 15) is 0 Å². The van der Waals surface area contributed by atoms with Crippen LogP contribution in [0, 0.1) is 0 Å². The minimum atomic E-state index is 0.898. The molecule has 2 aromatic heterocycles. The van der Waals surface area contributed by atoms with Crippen LogP contribution in [-0.2, 0) is 11.4 Å². The smallest absolute Gasteiger partial charge is 0.238 e. The molecule has 2 nitrogen and oxygen atoms in total. The number of nitrogens with zero attached hydrogens (tertiary/aromatic N) is 2. The molecule has 0 spiro atoms. The number of rotatable bonds is 4. The van der Waals surface area contributed by atoms with Crippen LogP contribution in [0.2, 0.25) is 0 Å². The second kappa shape index (κ2) is 7.65. The van der Waals surface area contributed by atoms with E-state index in [0.717, 1.165) is 33.0 Å². The summed E-state index contributed by atoms with van der Waals surface area (Å²) in [4.78, 5) is 8.55. The second-order valence-corrected chi connectivity index (χ2v) is 8.69. The molecule has 0 radical (unpaired) electrons. The summed E-state index contributed by atoms with van der Waals surface area (Å²) in [5.74, 6) is 0. The summed E-state index contributed by atoms with van der Waals surface area (Å²) < 4.78 is 2.11. The second-order valence-electron chi connectivity index (χ2n) is 4.29. The molecular formula is C14H12ClN2S4+. The Labute approximate surface area is 144 Å². The van der Waals surface area contributed by atoms with Gasteiger partial charge >= 0.3 is 4.34 Å². The first-order chi connectivity index (χ1) is 10.3. The molecule has 1 aliphatic rings. The predicted octanol–water partition coefficient (Wildman–Crippen LogP) is 5.20. The lowest BCUT2D eigenvalue weighted by Crippen LogP contribution is -2.00. The van der Waals surface area contributed by atoms with Crippen molar-refractivity contribution in [3.63, 3.8) is 0 Å². The Hall–Kier alpha value is -0.530. The van der Waals surface area contributed by atoms with Gasteiger partial charge in [-0.25, -0.2) is 4.98 Å². The molecular weight excluding hydrogens is 360 g/mol. The largest absolute Gasteiger partial charge is 0.380 e. The van der Waals surface area contributed by atoms with Crippen LogP contribution < -0.4 is 0 Å². The van der Waals surface area contributed by atoms with Crippen molar-refractivity contribution in [3.05, 3.63) is 44.7 Å². The quantitative estimate of drug-likeness (QED) is 0.420. The van der Waals surface area contributed by atoms with E-state index in [-0.39, 0.29) is 0 Å². The van der Waals surface area contributed by atoms with Crippen molar-refractivity contribution in [2.24, 2.45) is 0 Å². The van der Waals surface area contributed by atoms with Crippen molar-refractivity contribution in [1.29, 1.82) is 0 Å². The van der Waals surface area contributed by atoms with Crippen molar-refractivity contribution < 1.29 is 0 Å². The van der Waals surface area contributed by atoms with E-state index < -0.39 is 0 Å². The summed E-state index contributed by atoms with van der Waals surface area (Å²) in [7, 11) is 0. The van der Waals surface area contributed by atoms with Gasteiger partial charge < -0.3 is 0 Å². The normalized spacial score (nSPS) is 18.0. The Morgan fingerprint density at radius 1 is 1.19 bits per heavy atom. The molecule has 0 atom stereocenters. The van der Waals surface area contributed by atoms with Gasteiger partial charge in [0.15, 0.2) is 4.34 Å². The Morgan fingerprint density at radius 3 is 2.81 bits per heavy atom. The van der Waals surface area contributed by atoms with Gasteiger partial charge in [0.1, 0.15) is 0 Å². The highest BCUT2D eigenvalue weighted by Gasteiger charge is 2.18. The number of hydrogen-bond donors (Lipinski definition) is 0. The lowest BCUT2D eigenvalue weighted by Gasteiger charge is -2.14. The molecule has 2 aromatic rings. The highest BCUT2D eigenvalue weighted by atomic mass is 35.5. The van der Waals surface area contributed by atoms with Gasteiger partial charge in [-0.05, 0) is 30.2 Å². The maximum Gasteiger partial charge on any atom is 0.380 e. The number of halogens is 1. The number of thioether (sulfide) groups is 1. The van der Waals surface area contributed by atoms with E-state index in [2.05, 4.69) is 20.7 Å². The molecule has 0 N–H and O–H groups in total. The minimum absolute atomic E-state index is 0.898. The topological polar surface area (TPSA) is 25.8 Å². The molecule has 3 rings (SSSR count). The molecule has 1 aliphatic carbocycles. The molecule has 7 heteroatoms.